The molecule has 3 nitrogen and oxygen atoms in total. The predicted octanol–water partition coefficient (Wildman–Crippen LogP) is 2.62. The van der Waals surface area contributed by atoms with Crippen molar-refractivity contribution in [1.29, 1.82) is 0 Å². The van der Waals surface area contributed by atoms with E-state index in [9.17, 15) is 4.79 Å². The van der Waals surface area contributed by atoms with Crippen LogP contribution in [0, 0.1) is 11.3 Å². The van der Waals surface area contributed by atoms with Crippen molar-refractivity contribution < 1.29 is 4.79 Å². The van der Waals surface area contributed by atoms with Crippen LogP contribution in [0.1, 0.15) is 54.4 Å². The Balaban J connectivity index is 2.72. The molecule has 0 aromatic carbocycles. The summed E-state index contributed by atoms with van der Waals surface area (Å²) in [4.78, 5) is 14.4. The van der Waals surface area contributed by atoms with Gasteiger partial charge in [0, 0.05) is 6.54 Å². The lowest BCUT2D eigenvalue weighted by atomic mass is 9.89. The van der Waals surface area contributed by atoms with Crippen molar-refractivity contribution in [2.75, 3.05) is 6.54 Å². The second-order valence-corrected chi connectivity index (χ2v) is 6.19. The molecule has 0 aliphatic carbocycles. The smallest absolute Gasteiger partial charge is 0.241 e. The lowest BCUT2D eigenvalue weighted by Crippen LogP contribution is -2.41. The van der Waals surface area contributed by atoms with Crippen molar-refractivity contribution in [1.82, 2.24) is 10.2 Å². The second-order valence-electron chi connectivity index (χ2n) is 6.19. The van der Waals surface area contributed by atoms with Crippen LogP contribution in [-0.2, 0) is 4.79 Å². The topological polar surface area (TPSA) is 32.3 Å². The molecule has 0 bridgehead atoms. The Labute approximate surface area is 106 Å². The number of amides is 1. The molecule has 1 fully saturated rings. The quantitative estimate of drug-likeness (QED) is 0.801. The molecule has 3 heteroatoms. The van der Waals surface area contributed by atoms with E-state index in [2.05, 4.69) is 46.9 Å². The van der Waals surface area contributed by atoms with Gasteiger partial charge in [0.2, 0.25) is 5.91 Å². The average Bonchev–Trinajstić information content (AvgIpc) is 2.56. The highest BCUT2D eigenvalue weighted by atomic mass is 16.2. The molecule has 1 aliphatic rings. The number of nitrogens with one attached hydrogen (secondary N) is 1. The fourth-order valence-electron chi connectivity index (χ4n) is 2.22. The zero-order valence-corrected chi connectivity index (χ0v) is 12.2. The summed E-state index contributed by atoms with van der Waals surface area (Å²) >= 11 is 0. The fraction of sp³-hybridized carbons (Fsp3) is 0.929. The van der Waals surface area contributed by atoms with Crippen molar-refractivity contribution in [2.45, 2.75) is 66.6 Å². The van der Waals surface area contributed by atoms with E-state index < -0.39 is 0 Å². The summed E-state index contributed by atoms with van der Waals surface area (Å²) in [6.07, 6.45) is 2.31. The molecule has 17 heavy (non-hydrogen) atoms. The Bertz CT molecular complexity index is 275. The Kier molecular flexibility index (Phi) is 4.59. The minimum atomic E-state index is 0.0163. The highest BCUT2D eigenvalue weighted by Crippen LogP contribution is 2.26. The summed E-state index contributed by atoms with van der Waals surface area (Å²) in [5.41, 5.74) is 0.204. The Hall–Kier alpha value is -0.570. The van der Waals surface area contributed by atoms with Crippen molar-refractivity contribution in [2.24, 2.45) is 11.3 Å². The van der Waals surface area contributed by atoms with E-state index in [1.165, 1.54) is 0 Å². The SMILES string of the molecule is CCC(C)C1NC(C)N(CC(C)(C)CC)C1=O. The van der Waals surface area contributed by atoms with Gasteiger partial charge in [-0.05, 0) is 24.7 Å². The molecule has 1 amide bonds. The van der Waals surface area contributed by atoms with Crippen LogP contribution in [0.25, 0.3) is 0 Å². The van der Waals surface area contributed by atoms with Gasteiger partial charge in [0.25, 0.3) is 0 Å². The molecule has 0 aromatic rings. The first-order chi connectivity index (χ1) is 7.82. The number of hydrogen-bond acceptors (Lipinski definition) is 2. The summed E-state index contributed by atoms with van der Waals surface area (Å²) in [5.74, 6) is 0.702. The molecule has 0 spiro atoms. The molecule has 1 rings (SSSR count). The molecule has 1 saturated heterocycles. The highest BCUT2D eigenvalue weighted by Gasteiger charge is 2.40. The number of nitrogens with zero attached hydrogens (tertiary/aromatic N) is 1. The van der Waals surface area contributed by atoms with Crippen LogP contribution in [0.2, 0.25) is 0 Å². The lowest BCUT2D eigenvalue weighted by molar-refractivity contribution is -0.132. The van der Waals surface area contributed by atoms with Crippen LogP contribution in [0.15, 0.2) is 0 Å². The maximum absolute atomic E-state index is 12.4. The Morgan fingerprint density at radius 3 is 2.47 bits per heavy atom. The van der Waals surface area contributed by atoms with Gasteiger partial charge in [-0.15, -0.1) is 0 Å². The van der Waals surface area contributed by atoms with Gasteiger partial charge < -0.3 is 4.90 Å². The van der Waals surface area contributed by atoms with Gasteiger partial charge in [-0.1, -0.05) is 41.0 Å². The minimum Gasteiger partial charge on any atom is -0.326 e. The van der Waals surface area contributed by atoms with Gasteiger partial charge >= 0.3 is 0 Å². The molecule has 0 aromatic heterocycles. The first-order valence-electron chi connectivity index (χ1n) is 6.89. The van der Waals surface area contributed by atoms with Gasteiger partial charge in [0.05, 0.1) is 12.2 Å². The van der Waals surface area contributed by atoms with Crippen LogP contribution in [-0.4, -0.2) is 29.6 Å². The standard InChI is InChI=1S/C14H28N2O/c1-7-10(3)12-13(17)16(11(4)15-12)9-14(5,6)8-2/h10-12,15H,7-9H2,1-6H3. The van der Waals surface area contributed by atoms with E-state index >= 15 is 0 Å². The van der Waals surface area contributed by atoms with Crippen LogP contribution >= 0.6 is 0 Å². The predicted molar refractivity (Wildman–Crippen MR) is 71.6 cm³/mol. The van der Waals surface area contributed by atoms with E-state index in [1.807, 2.05) is 4.90 Å². The molecule has 100 valence electrons. The molecule has 3 atom stereocenters. The number of rotatable bonds is 5. The van der Waals surface area contributed by atoms with Gasteiger partial charge in [-0.3, -0.25) is 10.1 Å². The number of carbonyl (C=O) groups excluding carboxylic acids is 1. The zero-order valence-electron chi connectivity index (χ0n) is 12.2. The molecule has 1 aliphatic heterocycles. The van der Waals surface area contributed by atoms with Crippen molar-refractivity contribution in [3.63, 3.8) is 0 Å². The molecule has 0 radical (unpaired) electrons. The highest BCUT2D eigenvalue weighted by molar-refractivity contribution is 5.84. The number of hydrogen-bond donors (Lipinski definition) is 1. The molecule has 3 unspecified atom stereocenters. The van der Waals surface area contributed by atoms with Crippen molar-refractivity contribution >= 4 is 5.91 Å². The lowest BCUT2D eigenvalue weighted by Gasteiger charge is -2.31. The Morgan fingerprint density at radius 1 is 1.41 bits per heavy atom. The average molecular weight is 240 g/mol. The summed E-state index contributed by atoms with van der Waals surface area (Å²) in [5, 5.41) is 3.43. The monoisotopic (exact) mass is 240 g/mol. The van der Waals surface area contributed by atoms with E-state index in [0.29, 0.717) is 5.92 Å². The van der Waals surface area contributed by atoms with Crippen molar-refractivity contribution in [3.05, 3.63) is 0 Å². The van der Waals surface area contributed by atoms with E-state index in [0.717, 1.165) is 19.4 Å². The first kappa shape index (κ1) is 14.5. The van der Waals surface area contributed by atoms with E-state index in [4.69, 9.17) is 0 Å². The van der Waals surface area contributed by atoms with Crippen LogP contribution in [0.5, 0.6) is 0 Å². The van der Waals surface area contributed by atoms with Crippen LogP contribution < -0.4 is 5.32 Å². The largest absolute Gasteiger partial charge is 0.326 e. The second kappa shape index (κ2) is 5.38. The third kappa shape index (κ3) is 3.21. The summed E-state index contributed by atoms with van der Waals surface area (Å²) < 4.78 is 0. The van der Waals surface area contributed by atoms with Crippen LogP contribution in [0.3, 0.4) is 0 Å². The Morgan fingerprint density at radius 2 is 2.00 bits per heavy atom. The van der Waals surface area contributed by atoms with Gasteiger partial charge in [-0.25, -0.2) is 0 Å². The molecular weight excluding hydrogens is 212 g/mol. The third-order valence-electron chi connectivity index (χ3n) is 4.21. The normalized spacial score (nSPS) is 27.6. The van der Waals surface area contributed by atoms with Gasteiger partial charge in [-0.2, -0.15) is 0 Å². The fourth-order valence-corrected chi connectivity index (χ4v) is 2.22. The molecule has 1 N–H and O–H groups in total. The number of carbonyl (C=O) groups is 1. The maximum atomic E-state index is 12.4. The van der Waals surface area contributed by atoms with Crippen LogP contribution in [0.4, 0.5) is 0 Å². The summed E-state index contributed by atoms with van der Waals surface area (Å²) in [6, 6.07) is 0.0163. The minimum absolute atomic E-state index is 0.0163. The summed E-state index contributed by atoms with van der Waals surface area (Å²) in [6.45, 7) is 13.9. The summed E-state index contributed by atoms with van der Waals surface area (Å²) in [7, 11) is 0. The van der Waals surface area contributed by atoms with Gasteiger partial charge in [0.1, 0.15) is 0 Å². The van der Waals surface area contributed by atoms with Crippen molar-refractivity contribution in [3.8, 4) is 0 Å². The maximum Gasteiger partial charge on any atom is 0.241 e. The molecule has 0 saturated carbocycles. The van der Waals surface area contributed by atoms with E-state index in [1.54, 1.807) is 0 Å². The van der Waals surface area contributed by atoms with Gasteiger partial charge in [0.15, 0.2) is 0 Å². The first-order valence-corrected chi connectivity index (χ1v) is 6.89. The molecular formula is C14H28N2O. The third-order valence-corrected chi connectivity index (χ3v) is 4.21. The molecule has 1 heterocycles. The van der Waals surface area contributed by atoms with E-state index in [-0.39, 0.29) is 23.5 Å². The zero-order chi connectivity index (χ0) is 13.2.